The number of rotatable bonds is 11. The Morgan fingerprint density at radius 3 is 2.00 bits per heavy atom. The molecule has 13 heteroatoms. The minimum atomic E-state index is -3.77. The Morgan fingerprint density at radius 1 is 0.698 bits per heavy atom. The minimum absolute atomic E-state index is 0.0156. The lowest BCUT2D eigenvalue weighted by Gasteiger charge is -2.27. The normalized spacial score (nSPS) is 16.7. The molecule has 0 radical (unpaired) electrons. The van der Waals surface area contributed by atoms with Crippen molar-refractivity contribution < 1.29 is 39.9 Å². The van der Waals surface area contributed by atoms with Gasteiger partial charge in [0.1, 0.15) is 18.2 Å². The van der Waals surface area contributed by atoms with E-state index in [0.29, 0.717) is 31.5 Å². The summed E-state index contributed by atoms with van der Waals surface area (Å²) < 4.78 is 84.3. The number of hydrogen-bond donors (Lipinski definition) is 2. The van der Waals surface area contributed by atoms with Crippen LogP contribution in [0.4, 0.5) is 8.78 Å². The van der Waals surface area contributed by atoms with Crippen molar-refractivity contribution in [2.24, 2.45) is 0 Å². The summed E-state index contributed by atoms with van der Waals surface area (Å²) in [5.41, 5.74) is 3.28. The molecule has 2 aliphatic carbocycles. The summed E-state index contributed by atoms with van der Waals surface area (Å²) in [5, 5.41) is 5.66. The molecule has 0 bridgehead atoms. The number of aryl methyl sites for hydroxylation is 2. The smallest absolute Gasteiger partial charge is 0.246 e. The number of benzene rings is 4. The molecule has 0 aromatic heterocycles. The van der Waals surface area contributed by atoms with Gasteiger partial charge in [-0.2, -0.15) is 0 Å². The summed E-state index contributed by atoms with van der Waals surface area (Å²) in [6.45, 7) is 2.66. The van der Waals surface area contributed by atoms with Gasteiger partial charge in [0, 0.05) is 38.5 Å². The molecule has 2 N–H and O–H groups in total. The lowest BCUT2D eigenvalue weighted by atomic mass is 9.82. The van der Waals surface area contributed by atoms with Crippen molar-refractivity contribution in [3.63, 3.8) is 0 Å². The molecule has 0 fully saturated rings. The second-order valence-corrected chi connectivity index (χ2v) is 17.1. The zero-order valence-electron chi connectivity index (χ0n) is 29.7. The number of ether oxygens (including phenoxy) is 1. The molecule has 2 atom stereocenters. The van der Waals surface area contributed by atoms with E-state index in [1.165, 1.54) is 37.4 Å². The van der Waals surface area contributed by atoms with Crippen LogP contribution in [0.25, 0.3) is 0 Å². The molecule has 2 unspecified atom stereocenters. The van der Waals surface area contributed by atoms with Crippen molar-refractivity contribution >= 4 is 31.5 Å². The summed E-state index contributed by atoms with van der Waals surface area (Å²) in [7, 11) is -6.06. The number of carbonyl (C=O) groups is 2. The van der Waals surface area contributed by atoms with Gasteiger partial charge in [0.15, 0.2) is 0 Å². The standard InChI is InChI=1S/C20H22FNO4S.C20H22FNO3S/c1-26-13-20(23)22-12-15-5-2-4-14-10-18(8-9-19(14)15)27(24,25)17-7-3-6-16(21)11-17;1-2-19(23)22-13-15-8-6-7-14-11-17(12-18(21)20(14)15)26(24,25)16-9-4-3-5-10-16/h3,6-11,15H,2,4-5,12-13H2,1H3,(H,22,23);3-5,9-12,15H,2,6-8,13H2,1H3,(H,22,23). The Labute approximate surface area is 310 Å². The average Bonchev–Trinajstić information content (AvgIpc) is 3.16. The summed E-state index contributed by atoms with van der Waals surface area (Å²) in [6, 6.07) is 20.8. The predicted octanol–water partition coefficient (Wildman–Crippen LogP) is 6.45. The molecule has 0 spiro atoms. The quantitative estimate of drug-likeness (QED) is 0.179. The first-order chi connectivity index (χ1) is 25.3. The molecule has 0 saturated heterocycles. The van der Waals surface area contributed by atoms with Crippen molar-refractivity contribution in [1.82, 2.24) is 10.6 Å². The first-order valence-corrected chi connectivity index (χ1v) is 20.6. The monoisotopic (exact) mass is 766 g/mol. The van der Waals surface area contributed by atoms with Crippen LogP contribution >= 0.6 is 0 Å². The van der Waals surface area contributed by atoms with Gasteiger partial charge < -0.3 is 15.4 Å². The van der Waals surface area contributed by atoms with Crippen LogP contribution in [0, 0.1) is 11.6 Å². The van der Waals surface area contributed by atoms with Gasteiger partial charge in [-0.15, -0.1) is 0 Å². The van der Waals surface area contributed by atoms with Gasteiger partial charge in [0.25, 0.3) is 0 Å². The number of amides is 2. The molecule has 0 saturated carbocycles. The van der Waals surface area contributed by atoms with Crippen LogP contribution in [0.3, 0.4) is 0 Å². The number of methoxy groups -OCH3 is 1. The van der Waals surface area contributed by atoms with E-state index in [-0.39, 0.29) is 49.8 Å². The van der Waals surface area contributed by atoms with E-state index in [9.17, 15) is 35.2 Å². The first-order valence-electron chi connectivity index (χ1n) is 17.6. The third kappa shape index (κ3) is 9.56. The van der Waals surface area contributed by atoms with Crippen molar-refractivity contribution in [3.8, 4) is 0 Å². The highest BCUT2D eigenvalue weighted by molar-refractivity contribution is 7.91. The molecule has 282 valence electrons. The lowest BCUT2D eigenvalue weighted by Crippen LogP contribution is -2.32. The van der Waals surface area contributed by atoms with E-state index in [2.05, 4.69) is 10.6 Å². The second kappa shape index (κ2) is 17.6. The molecule has 2 aliphatic rings. The van der Waals surface area contributed by atoms with Gasteiger partial charge in [0.2, 0.25) is 31.5 Å². The van der Waals surface area contributed by atoms with Gasteiger partial charge in [-0.1, -0.05) is 37.3 Å². The minimum Gasteiger partial charge on any atom is -0.375 e. The van der Waals surface area contributed by atoms with Crippen LogP contribution in [0.15, 0.2) is 105 Å². The molecule has 0 heterocycles. The molecule has 2 amide bonds. The molecule has 4 aromatic rings. The van der Waals surface area contributed by atoms with Crippen molar-refractivity contribution in [1.29, 1.82) is 0 Å². The maximum absolute atomic E-state index is 14.9. The van der Waals surface area contributed by atoms with Gasteiger partial charge >= 0.3 is 0 Å². The van der Waals surface area contributed by atoms with Crippen LogP contribution in [0.2, 0.25) is 0 Å². The third-order valence-electron chi connectivity index (χ3n) is 9.62. The van der Waals surface area contributed by atoms with Gasteiger partial charge in [-0.25, -0.2) is 25.6 Å². The largest absolute Gasteiger partial charge is 0.375 e. The lowest BCUT2D eigenvalue weighted by molar-refractivity contribution is -0.124. The zero-order chi connectivity index (χ0) is 38.2. The van der Waals surface area contributed by atoms with E-state index < -0.39 is 31.3 Å². The maximum atomic E-state index is 14.9. The number of nitrogens with one attached hydrogen (secondary N) is 2. The fourth-order valence-corrected chi connectivity index (χ4v) is 9.60. The van der Waals surface area contributed by atoms with Crippen molar-refractivity contribution in [3.05, 3.63) is 119 Å². The van der Waals surface area contributed by atoms with Crippen LogP contribution in [-0.2, 0) is 46.8 Å². The highest BCUT2D eigenvalue weighted by Crippen LogP contribution is 2.37. The fraction of sp³-hybridized carbons (Fsp3) is 0.350. The summed E-state index contributed by atoms with van der Waals surface area (Å²) in [4.78, 5) is 23.4. The molecule has 4 aromatic carbocycles. The van der Waals surface area contributed by atoms with Crippen LogP contribution in [-0.4, -0.2) is 55.5 Å². The van der Waals surface area contributed by atoms with Gasteiger partial charge in [0.05, 0.1) is 19.6 Å². The average molecular weight is 767 g/mol. The highest BCUT2D eigenvalue weighted by atomic mass is 32.2. The van der Waals surface area contributed by atoms with E-state index >= 15 is 0 Å². The molecule has 6 rings (SSSR count). The predicted molar refractivity (Wildman–Crippen MR) is 196 cm³/mol. The summed E-state index contributed by atoms with van der Waals surface area (Å²) in [6.07, 6.45) is 5.27. The Hall–Kier alpha value is -4.46. The summed E-state index contributed by atoms with van der Waals surface area (Å²) >= 11 is 0. The Kier molecular flexibility index (Phi) is 13.2. The van der Waals surface area contributed by atoms with Crippen LogP contribution in [0.5, 0.6) is 0 Å². The van der Waals surface area contributed by atoms with Crippen molar-refractivity contribution in [2.45, 2.75) is 83.3 Å². The van der Waals surface area contributed by atoms with E-state index in [0.717, 1.165) is 60.9 Å². The molecule has 53 heavy (non-hydrogen) atoms. The van der Waals surface area contributed by atoms with Gasteiger partial charge in [-0.3, -0.25) is 9.59 Å². The highest BCUT2D eigenvalue weighted by Gasteiger charge is 2.28. The first kappa shape index (κ1) is 39.7. The molecule has 9 nitrogen and oxygen atoms in total. The van der Waals surface area contributed by atoms with E-state index in [1.807, 2.05) is 6.07 Å². The Balaban J connectivity index is 0.000000204. The zero-order valence-corrected chi connectivity index (χ0v) is 31.4. The van der Waals surface area contributed by atoms with E-state index in [4.69, 9.17) is 4.74 Å². The van der Waals surface area contributed by atoms with Crippen LogP contribution < -0.4 is 10.6 Å². The number of fused-ring (bicyclic) bond motifs is 2. The molecule has 0 aliphatic heterocycles. The van der Waals surface area contributed by atoms with Crippen molar-refractivity contribution in [2.75, 3.05) is 26.8 Å². The van der Waals surface area contributed by atoms with Gasteiger partial charge in [-0.05, 0) is 115 Å². The van der Waals surface area contributed by atoms with E-state index in [1.54, 1.807) is 43.3 Å². The molecular weight excluding hydrogens is 723 g/mol. The number of sulfone groups is 2. The SMILES string of the molecule is CCC(=O)NCC1CCCc2cc(S(=O)(=O)c3ccccc3)cc(F)c21.COCC(=O)NCC1CCCc2cc(S(=O)(=O)c3cccc(F)c3)ccc21. The third-order valence-corrected chi connectivity index (χ3v) is 13.1. The summed E-state index contributed by atoms with van der Waals surface area (Å²) in [5.74, 6) is -1.31. The Bertz CT molecular complexity index is 2160. The number of hydrogen-bond acceptors (Lipinski definition) is 7. The van der Waals surface area contributed by atoms with Crippen LogP contribution in [0.1, 0.15) is 73.1 Å². The Morgan fingerprint density at radius 2 is 1.30 bits per heavy atom. The second-order valence-electron chi connectivity index (χ2n) is 13.2. The number of carbonyl (C=O) groups excluding carboxylic acids is 2. The number of halogens is 2. The maximum Gasteiger partial charge on any atom is 0.246 e. The molecular formula is C40H44F2N2O7S2. The fourth-order valence-electron chi connectivity index (χ4n) is 6.91. The topological polar surface area (TPSA) is 136 Å².